The van der Waals surface area contributed by atoms with Gasteiger partial charge < -0.3 is 4.98 Å². The summed E-state index contributed by atoms with van der Waals surface area (Å²) in [6.07, 6.45) is 7.47. The van der Waals surface area contributed by atoms with Gasteiger partial charge in [0.25, 0.3) is 5.56 Å². The summed E-state index contributed by atoms with van der Waals surface area (Å²) in [6.45, 7) is 3.93. The topological polar surface area (TPSA) is 71.0 Å². The van der Waals surface area contributed by atoms with E-state index in [4.69, 9.17) is 0 Å². The molecular weight excluding hydrogens is 316 g/mol. The zero-order valence-electron chi connectivity index (χ0n) is 14.8. The highest BCUT2D eigenvalue weighted by Gasteiger charge is 2.22. The van der Waals surface area contributed by atoms with Crippen LogP contribution in [0.5, 0.6) is 0 Å². The molecule has 0 bridgehead atoms. The van der Waals surface area contributed by atoms with E-state index in [1.165, 1.54) is 29.9 Å². The Bertz CT molecular complexity index is 766. The normalized spacial score (nSPS) is 18.4. The minimum Gasteiger partial charge on any atom is -0.311 e. The van der Waals surface area contributed by atoms with Crippen LogP contribution in [0.4, 0.5) is 0 Å². The molecule has 0 radical (unpaired) electrons. The smallest absolute Gasteiger partial charge is 0.311 e. The number of piperidine rings is 1. The van der Waals surface area contributed by atoms with Gasteiger partial charge in [0, 0.05) is 42.8 Å². The van der Waals surface area contributed by atoms with Crippen molar-refractivity contribution in [1.29, 1.82) is 0 Å². The first-order valence-electron chi connectivity index (χ1n) is 9.08. The summed E-state index contributed by atoms with van der Waals surface area (Å²) in [5, 5.41) is 0. The number of rotatable bonds is 6. The first kappa shape index (κ1) is 17.6. The fourth-order valence-electron chi connectivity index (χ4n) is 3.62. The van der Waals surface area contributed by atoms with Gasteiger partial charge in [0.1, 0.15) is 0 Å². The van der Waals surface area contributed by atoms with Crippen LogP contribution in [0.2, 0.25) is 0 Å². The Morgan fingerprint density at radius 2 is 2.12 bits per heavy atom. The number of hydrogen-bond acceptors (Lipinski definition) is 4. The highest BCUT2D eigenvalue weighted by molar-refractivity contribution is 5.04. The second-order valence-electron chi connectivity index (χ2n) is 6.79. The molecule has 6 nitrogen and oxygen atoms in total. The van der Waals surface area contributed by atoms with E-state index in [0.717, 1.165) is 31.6 Å². The molecular formula is C19H26N4O2. The summed E-state index contributed by atoms with van der Waals surface area (Å²) in [4.78, 5) is 33.6. The molecule has 0 aromatic carbocycles. The third-order valence-electron chi connectivity index (χ3n) is 4.98. The van der Waals surface area contributed by atoms with Gasteiger partial charge in [0.2, 0.25) is 0 Å². The Balaban J connectivity index is 1.62. The lowest BCUT2D eigenvalue weighted by Crippen LogP contribution is -2.44. The van der Waals surface area contributed by atoms with Crippen molar-refractivity contribution < 1.29 is 0 Å². The largest absolute Gasteiger partial charge is 0.328 e. The van der Waals surface area contributed by atoms with Gasteiger partial charge in [-0.25, -0.2) is 4.79 Å². The maximum atomic E-state index is 12.0. The van der Waals surface area contributed by atoms with E-state index < -0.39 is 0 Å². The molecule has 0 aliphatic carbocycles. The van der Waals surface area contributed by atoms with E-state index >= 15 is 0 Å². The number of likely N-dealkylation sites (tertiary alicyclic amines) is 1. The van der Waals surface area contributed by atoms with Gasteiger partial charge >= 0.3 is 5.69 Å². The number of aromatic nitrogens is 3. The van der Waals surface area contributed by atoms with Crippen LogP contribution in [0.15, 0.2) is 40.1 Å². The van der Waals surface area contributed by atoms with E-state index in [2.05, 4.69) is 20.9 Å². The Morgan fingerprint density at radius 1 is 1.24 bits per heavy atom. The van der Waals surface area contributed by atoms with Crippen LogP contribution >= 0.6 is 0 Å². The lowest BCUT2D eigenvalue weighted by atomic mass is 9.97. The number of nitrogens with zero attached hydrogens (tertiary/aromatic N) is 3. The van der Waals surface area contributed by atoms with Gasteiger partial charge in [-0.05, 0) is 51.3 Å². The number of nitrogens with one attached hydrogen (secondary N) is 1. The molecule has 2 aromatic rings. The first-order chi connectivity index (χ1) is 12.1. The molecule has 134 valence electrons. The lowest BCUT2D eigenvalue weighted by Gasteiger charge is -2.35. The van der Waals surface area contributed by atoms with E-state index in [1.807, 2.05) is 18.3 Å². The van der Waals surface area contributed by atoms with Crippen molar-refractivity contribution in [2.45, 2.75) is 51.6 Å². The number of pyridine rings is 1. The molecule has 3 rings (SSSR count). The fraction of sp³-hybridized carbons (Fsp3) is 0.526. The predicted octanol–water partition coefficient (Wildman–Crippen LogP) is 1.73. The van der Waals surface area contributed by atoms with Crippen molar-refractivity contribution in [2.24, 2.45) is 0 Å². The van der Waals surface area contributed by atoms with Crippen LogP contribution in [0, 0.1) is 6.92 Å². The van der Waals surface area contributed by atoms with Crippen molar-refractivity contribution in [2.75, 3.05) is 13.1 Å². The molecule has 2 aromatic heterocycles. The van der Waals surface area contributed by atoms with Gasteiger partial charge in [-0.15, -0.1) is 0 Å². The van der Waals surface area contributed by atoms with Crippen LogP contribution in [-0.4, -0.2) is 38.6 Å². The Labute approximate surface area is 147 Å². The van der Waals surface area contributed by atoms with Crippen LogP contribution in [0.1, 0.15) is 37.1 Å². The second-order valence-corrected chi connectivity index (χ2v) is 6.79. The van der Waals surface area contributed by atoms with Gasteiger partial charge in [-0.1, -0.05) is 12.5 Å². The average Bonchev–Trinajstić information content (AvgIpc) is 2.61. The molecule has 0 unspecified atom stereocenters. The molecule has 1 aliphatic rings. The van der Waals surface area contributed by atoms with Crippen LogP contribution in [0.3, 0.4) is 0 Å². The minimum atomic E-state index is -0.313. The summed E-state index contributed by atoms with van der Waals surface area (Å²) in [6, 6.07) is 8.01. The molecule has 25 heavy (non-hydrogen) atoms. The minimum absolute atomic E-state index is 0.219. The molecule has 1 fully saturated rings. The van der Waals surface area contributed by atoms with E-state index in [0.29, 0.717) is 18.3 Å². The summed E-state index contributed by atoms with van der Waals surface area (Å²) < 4.78 is 1.30. The molecule has 6 heteroatoms. The number of aromatic amines is 1. The van der Waals surface area contributed by atoms with Crippen molar-refractivity contribution in [3.05, 3.63) is 62.7 Å². The van der Waals surface area contributed by atoms with E-state index in [1.54, 1.807) is 6.92 Å². The quantitative estimate of drug-likeness (QED) is 0.868. The maximum absolute atomic E-state index is 12.0. The zero-order chi connectivity index (χ0) is 17.6. The standard InChI is InChI=1S/C19H26N4O2/c1-15-14-18(24)23(19(25)21-15)13-12-22-11-5-3-7-17(22)9-8-16-6-2-4-10-20-16/h2,4,6,10,14,17H,3,5,7-9,11-13H2,1H3,(H,21,25)/t17-/m1/s1. The Hall–Kier alpha value is -2.21. The maximum Gasteiger partial charge on any atom is 0.328 e. The first-order valence-corrected chi connectivity index (χ1v) is 9.08. The number of aryl methyl sites for hydroxylation is 2. The summed E-state index contributed by atoms with van der Waals surface area (Å²) in [5.41, 5.74) is 1.20. The van der Waals surface area contributed by atoms with Crippen molar-refractivity contribution in [3.8, 4) is 0 Å². The van der Waals surface area contributed by atoms with Crippen molar-refractivity contribution in [1.82, 2.24) is 19.4 Å². The van der Waals surface area contributed by atoms with Crippen LogP contribution < -0.4 is 11.2 Å². The highest BCUT2D eigenvalue weighted by atomic mass is 16.2. The molecule has 1 N–H and O–H groups in total. The summed E-state index contributed by atoms with van der Waals surface area (Å²) in [7, 11) is 0. The predicted molar refractivity (Wildman–Crippen MR) is 97.8 cm³/mol. The monoisotopic (exact) mass is 342 g/mol. The van der Waals surface area contributed by atoms with E-state index in [-0.39, 0.29) is 11.2 Å². The second kappa shape index (κ2) is 8.25. The van der Waals surface area contributed by atoms with Gasteiger partial charge in [0.05, 0.1) is 0 Å². The molecule has 1 atom stereocenters. The average molecular weight is 342 g/mol. The lowest BCUT2D eigenvalue weighted by molar-refractivity contribution is 0.134. The number of H-pyrrole nitrogens is 1. The third kappa shape index (κ3) is 4.66. The van der Waals surface area contributed by atoms with Crippen LogP contribution in [-0.2, 0) is 13.0 Å². The molecule has 0 spiro atoms. The zero-order valence-corrected chi connectivity index (χ0v) is 14.8. The molecule has 1 aliphatic heterocycles. The van der Waals surface area contributed by atoms with Crippen LogP contribution in [0.25, 0.3) is 0 Å². The van der Waals surface area contributed by atoms with Gasteiger partial charge in [-0.2, -0.15) is 0 Å². The SMILES string of the molecule is Cc1cc(=O)n(CCN2CCCC[C@@H]2CCc2ccccn2)c(=O)[nH]1. The molecule has 0 amide bonds. The van der Waals surface area contributed by atoms with Crippen molar-refractivity contribution >= 4 is 0 Å². The molecule has 0 saturated carbocycles. The summed E-state index contributed by atoms with van der Waals surface area (Å²) >= 11 is 0. The van der Waals surface area contributed by atoms with Gasteiger partial charge in [0.15, 0.2) is 0 Å². The molecule has 1 saturated heterocycles. The van der Waals surface area contributed by atoms with E-state index in [9.17, 15) is 9.59 Å². The Morgan fingerprint density at radius 3 is 2.88 bits per heavy atom. The molecule has 3 heterocycles. The Kier molecular flexibility index (Phi) is 5.81. The fourth-order valence-corrected chi connectivity index (χ4v) is 3.62. The van der Waals surface area contributed by atoms with Crippen molar-refractivity contribution in [3.63, 3.8) is 0 Å². The van der Waals surface area contributed by atoms with Gasteiger partial charge in [-0.3, -0.25) is 19.2 Å². The highest BCUT2D eigenvalue weighted by Crippen LogP contribution is 2.20. The third-order valence-corrected chi connectivity index (χ3v) is 4.98. The number of hydrogen-bond donors (Lipinski definition) is 1. The summed E-state index contributed by atoms with van der Waals surface area (Å²) in [5.74, 6) is 0.